The van der Waals surface area contributed by atoms with Crippen LogP contribution in [0.1, 0.15) is 18.1 Å². The molecule has 2 N–H and O–H groups in total. The summed E-state index contributed by atoms with van der Waals surface area (Å²) in [4.78, 5) is 0. The Balaban J connectivity index is 1.57. The highest BCUT2D eigenvalue weighted by Gasteiger charge is 2.16. The molecule has 0 radical (unpaired) electrons. The van der Waals surface area contributed by atoms with Crippen LogP contribution in [0.25, 0.3) is 11.4 Å². The highest BCUT2D eigenvalue weighted by atomic mass is 35.5. The van der Waals surface area contributed by atoms with Crippen LogP contribution in [0.4, 0.5) is 0 Å². The Morgan fingerprint density at radius 3 is 2.54 bits per heavy atom. The van der Waals surface area contributed by atoms with Gasteiger partial charge in [-0.05, 0) is 55.0 Å². The number of nitrogens with one attached hydrogen (secondary N) is 2. The normalized spacial score (nSPS) is 10.7. The van der Waals surface area contributed by atoms with Gasteiger partial charge in [0, 0.05) is 10.6 Å². The topological polar surface area (TPSA) is 73.3 Å². The molecule has 0 aliphatic heterocycles. The van der Waals surface area contributed by atoms with E-state index < -0.39 is 0 Å². The molecule has 1 aromatic heterocycles. The number of rotatable bonds is 10. The van der Waals surface area contributed by atoms with Crippen LogP contribution in [-0.2, 0) is 13.2 Å². The van der Waals surface area contributed by atoms with E-state index in [1.807, 2.05) is 67.6 Å². The lowest BCUT2D eigenvalue weighted by atomic mass is 10.2. The fraction of sp³-hybridized carbons (Fsp3) is 0.200. The lowest BCUT2D eigenvalue weighted by Crippen LogP contribution is -2.16. The van der Waals surface area contributed by atoms with Gasteiger partial charge in [-0.2, -0.15) is 5.10 Å². The van der Waals surface area contributed by atoms with E-state index in [2.05, 4.69) is 15.6 Å². The molecule has 0 aliphatic carbocycles. The maximum Gasteiger partial charge on any atom is 0.214 e. The number of methoxy groups -OCH3 is 1. The lowest BCUT2D eigenvalue weighted by molar-refractivity contribution is 0.269. The first-order valence-electron chi connectivity index (χ1n) is 10.9. The minimum Gasteiger partial charge on any atom is -0.496 e. The van der Waals surface area contributed by atoms with Gasteiger partial charge in [-0.3, -0.25) is 0 Å². The molecule has 10 heteroatoms. The maximum atomic E-state index is 6.61. The van der Waals surface area contributed by atoms with Crippen molar-refractivity contribution in [2.75, 3.05) is 19.1 Å². The summed E-state index contributed by atoms with van der Waals surface area (Å²) in [6, 6.07) is 18.8. The van der Waals surface area contributed by atoms with Crippen molar-refractivity contribution in [3.8, 4) is 28.6 Å². The lowest BCUT2D eigenvalue weighted by Gasteiger charge is -2.17. The average Bonchev–Trinajstić information content (AvgIpc) is 3.23. The highest BCUT2D eigenvalue weighted by Crippen LogP contribution is 2.38. The Morgan fingerprint density at radius 2 is 1.77 bits per heavy atom. The van der Waals surface area contributed by atoms with Gasteiger partial charge in [0.2, 0.25) is 4.77 Å². The molecule has 0 saturated heterocycles. The quantitative estimate of drug-likeness (QED) is 0.224. The van der Waals surface area contributed by atoms with E-state index in [-0.39, 0.29) is 6.61 Å². The largest absolute Gasteiger partial charge is 0.496 e. The summed E-state index contributed by atoms with van der Waals surface area (Å²) in [6.45, 7) is 3.03. The van der Waals surface area contributed by atoms with Crippen molar-refractivity contribution in [2.24, 2.45) is 0 Å². The van der Waals surface area contributed by atoms with Crippen molar-refractivity contribution in [1.82, 2.24) is 14.9 Å². The molecule has 0 saturated carbocycles. The number of para-hydroxylation sites is 1. The Bertz CT molecular complexity index is 1370. The number of hydrogen-bond acceptors (Lipinski definition) is 6. The van der Waals surface area contributed by atoms with Gasteiger partial charge in [-0.1, -0.05) is 53.5 Å². The molecule has 7 nitrogen and oxygen atoms in total. The molecule has 0 unspecified atom stereocenters. The molecule has 0 spiro atoms. The van der Waals surface area contributed by atoms with Crippen LogP contribution in [-0.4, -0.2) is 28.6 Å². The minimum absolute atomic E-state index is 0.267. The number of ether oxygens (including phenoxy) is 3. The third-order valence-corrected chi connectivity index (χ3v) is 6.08. The van der Waals surface area contributed by atoms with Crippen LogP contribution in [0, 0.1) is 4.77 Å². The predicted octanol–water partition coefficient (Wildman–Crippen LogP) is 6.64. The molecule has 4 aromatic rings. The second-order valence-corrected chi connectivity index (χ2v) is 8.64. The summed E-state index contributed by atoms with van der Waals surface area (Å²) in [5.41, 5.74) is 5.83. The highest BCUT2D eigenvalue weighted by molar-refractivity contribution is 7.71. The molecular formula is C25H24Cl2N4O3S. The summed E-state index contributed by atoms with van der Waals surface area (Å²) in [5.74, 6) is 2.30. The smallest absolute Gasteiger partial charge is 0.214 e. The van der Waals surface area contributed by atoms with Crippen molar-refractivity contribution in [3.05, 3.63) is 86.6 Å². The molecule has 0 aliphatic rings. The summed E-state index contributed by atoms with van der Waals surface area (Å²) in [6.07, 6.45) is 0. The van der Waals surface area contributed by atoms with Crippen LogP contribution in [0.15, 0.2) is 60.7 Å². The fourth-order valence-corrected chi connectivity index (χ4v) is 4.19. The molecule has 0 bridgehead atoms. The number of aromatic nitrogens is 3. The summed E-state index contributed by atoms with van der Waals surface area (Å²) in [7, 11) is 1.62. The Hall–Kier alpha value is -3.20. The standard InChI is InChI=1S/C25H24Cl2N4O3S/c1-3-33-22-13-16(12-20(27)23(22)34-15-17-8-4-6-10-19(17)26)14-28-31-24(29-30-25(31)35)18-9-5-7-11-21(18)32-2/h4-13,28H,3,14-15H2,1-2H3,(H,30,35). The fourth-order valence-electron chi connectivity index (χ4n) is 3.52. The van der Waals surface area contributed by atoms with E-state index in [0.29, 0.717) is 51.0 Å². The molecule has 0 amide bonds. The van der Waals surface area contributed by atoms with E-state index in [1.165, 1.54) is 0 Å². The number of benzene rings is 3. The van der Waals surface area contributed by atoms with Gasteiger partial charge < -0.3 is 19.6 Å². The van der Waals surface area contributed by atoms with Gasteiger partial charge in [0.15, 0.2) is 17.3 Å². The zero-order valence-electron chi connectivity index (χ0n) is 19.2. The minimum atomic E-state index is 0.267. The molecule has 3 aromatic carbocycles. The number of H-pyrrole nitrogens is 1. The van der Waals surface area contributed by atoms with Gasteiger partial charge in [-0.15, -0.1) is 0 Å². The molecule has 0 fully saturated rings. The maximum absolute atomic E-state index is 6.61. The number of hydrogen-bond donors (Lipinski definition) is 2. The van der Waals surface area contributed by atoms with Gasteiger partial charge in [-0.25, -0.2) is 9.77 Å². The second kappa shape index (κ2) is 11.5. The van der Waals surface area contributed by atoms with Gasteiger partial charge in [0.05, 0.1) is 30.8 Å². The van der Waals surface area contributed by atoms with Crippen molar-refractivity contribution < 1.29 is 14.2 Å². The van der Waals surface area contributed by atoms with E-state index >= 15 is 0 Å². The van der Waals surface area contributed by atoms with E-state index in [0.717, 1.165) is 16.7 Å². The van der Waals surface area contributed by atoms with Crippen LogP contribution in [0.5, 0.6) is 17.2 Å². The van der Waals surface area contributed by atoms with E-state index in [1.54, 1.807) is 11.8 Å². The molecular weight excluding hydrogens is 507 g/mol. The van der Waals surface area contributed by atoms with E-state index in [4.69, 9.17) is 49.6 Å². The average molecular weight is 531 g/mol. The molecule has 0 atom stereocenters. The van der Waals surface area contributed by atoms with Crippen molar-refractivity contribution in [2.45, 2.75) is 20.1 Å². The Morgan fingerprint density at radius 1 is 1.00 bits per heavy atom. The van der Waals surface area contributed by atoms with E-state index in [9.17, 15) is 0 Å². The molecule has 1 heterocycles. The zero-order valence-corrected chi connectivity index (χ0v) is 21.5. The zero-order chi connectivity index (χ0) is 24.8. The third-order valence-electron chi connectivity index (χ3n) is 5.16. The Labute approximate surface area is 218 Å². The van der Waals surface area contributed by atoms with Crippen LogP contribution in [0.2, 0.25) is 10.0 Å². The number of nitrogens with zero attached hydrogens (tertiary/aromatic N) is 2. The first-order valence-corrected chi connectivity index (χ1v) is 12.0. The Kier molecular flexibility index (Phi) is 8.17. The summed E-state index contributed by atoms with van der Waals surface area (Å²) in [5, 5.41) is 8.26. The molecule has 182 valence electrons. The second-order valence-electron chi connectivity index (χ2n) is 7.44. The third kappa shape index (κ3) is 5.73. The van der Waals surface area contributed by atoms with Crippen LogP contribution < -0.4 is 19.6 Å². The number of aromatic amines is 1. The van der Waals surface area contributed by atoms with Gasteiger partial charge in [0.25, 0.3) is 0 Å². The van der Waals surface area contributed by atoms with Crippen LogP contribution >= 0.6 is 35.4 Å². The van der Waals surface area contributed by atoms with Crippen molar-refractivity contribution in [1.29, 1.82) is 0 Å². The van der Waals surface area contributed by atoms with Gasteiger partial charge in [0.1, 0.15) is 12.4 Å². The van der Waals surface area contributed by atoms with Crippen LogP contribution in [0.3, 0.4) is 0 Å². The summed E-state index contributed by atoms with van der Waals surface area (Å²) < 4.78 is 19.4. The van der Waals surface area contributed by atoms with Crippen molar-refractivity contribution >= 4 is 35.4 Å². The predicted molar refractivity (Wildman–Crippen MR) is 141 cm³/mol. The number of halogens is 2. The summed E-state index contributed by atoms with van der Waals surface area (Å²) >= 11 is 18.3. The first kappa shape index (κ1) is 24.9. The molecule has 4 rings (SSSR count). The molecule has 35 heavy (non-hydrogen) atoms. The van der Waals surface area contributed by atoms with Crippen molar-refractivity contribution in [3.63, 3.8) is 0 Å². The SMILES string of the molecule is CCOc1cc(CNn2c(-c3ccccc3OC)n[nH]c2=S)cc(Cl)c1OCc1ccccc1Cl. The van der Waals surface area contributed by atoms with Gasteiger partial charge >= 0.3 is 0 Å². The monoisotopic (exact) mass is 530 g/mol. The first-order chi connectivity index (χ1) is 17.0.